The largest absolute Gasteiger partial charge is 0.413 e. The van der Waals surface area contributed by atoms with Crippen molar-refractivity contribution < 1.29 is 22.7 Å². The number of hydrogen-bond acceptors (Lipinski definition) is 3. The SMILES string of the molecule is C[C@@H](c1ccncc1)N(C)C(=O)NC1(C(F)(F)F)CCOC1. The van der Waals surface area contributed by atoms with Gasteiger partial charge in [0.25, 0.3) is 0 Å². The number of carbonyl (C=O) groups excluding carboxylic acids is 1. The molecule has 1 aromatic heterocycles. The predicted molar refractivity (Wildman–Crippen MR) is 73.2 cm³/mol. The van der Waals surface area contributed by atoms with Crippen LogP contribution in [0.15, 0.2) is 24.5 Å². The van der Waals surface area contributed by atoms with Crippen LogP contribution in [0.25, 0.3) is 0 Å². The van der Waals surface area contributed by atoms with E-state index in [4.69, 9.17) is 4.74 Å². The lowest BCUT2D eigenvalue weighted by Gasteiger charge is -2.34. The molecule has 5 nitrogen and oxygen atoms in total. The molecule has 0 saturated carbocycles. The Kier molecular flexibility index (Phi) is 4.60. The van der Waals surface area contributed by atoms with Crippen molar-refractivity contribution in [3.05, 3.63) is 30.1 Å². The number of pyridine rings is 1. The first-order chi connectivity index (χ1) is 10.3. The van der Waals surface area contributed by atoms with E-state index < -0.39 is 24.4 Å². The van der Waals surface area contributed by atoms with Crippen LogP contribution >= 0.6 is 0 Å². The van der Waals surface area contributed by atoms with Crippen molar-refractivity contribution in [2.75, 3.05) is 20.3 Å². The van der Waals surface area contributed by atoms with Gasteiger partial charge < -0.3 is 15.0 Å². The van der Waals surface area contributed by atoms with Gasteiger partial charge in [-0.2, -0.15) is 13.2 Å². The Morgan fingerprint density at radius 2 is 2.09 bits per heavy atom. The summed E-state index contributed by atoms with van der Waals surface area (Å²) in [5, 5.41) is 2.10. The van der Waals surface area contributed by atoms with Gasteiger partial charge in [0.1, 0.15) is 0 Å². The molecule has 2 atom stereocenters. The summed E-state index contributed by atoms with van der Waals surface area (Å²) in [4.78, 5) is 17.3. The summed E-state index contributed by atoms with van der Waals surface area (Å²) in [6, 6.07) is 2.27. The Morgan fingerprint density at radius 1 is 1.45 bits per heavy atom. The van der Waals surface area contributed by atoms with Gasteiger partial charge in [0.15, 0.2) is 5.54 Å². The number of rotatable bonds is 3. The van der Waals surface area contributed by atoms with Crippen LogP contribution in [0, 0.1) is 0 Å². The minimum atomic E-state index is -4.56. The number of amides is 2. The average Bonchev–Trinajstić information content (AvgIpc) is 2.96. The van der Waals surface area contributed by atoms with E-state index >= 15 is 0 Å². The summed E-state index contributed by atoms with van der Waals surface area (Å²) in [6.45, 7) is 1.16. The van der Waals surface area contributed by atoms with E-state index in [0.29, 0.717) is 0 Å². The van der Waals surface area contributed by atoms with Crippen molar-refractivity contribution in [3.8, 4) is 0 Å². The first-order valence-electron chi connectivity index (χ1n) is 6.86. The number of hydrogen-bond donors (Lipinski definition) is 1. The number of aromatic nitrogens is 1. The minimum absolute atomic E-state index is 0.0244. The fourth-order valence-electron chi connectivity index (χ4n) is 2.29. The van der Waals surface area contributed by atoms with Crippen molar-refractivity contribution >= 4 is 6.03 Å². The quantitative estimate of drug-likeness (QED) is 0.932. The Hall–Kier alpha value is -1.83. The zero-order valence-electron chi connectivity index (χ0n) is 12.4. The van der Waals surface area contributed by atoms with Gasteiger partial charge >= 0.3 is 12.2 Å². The number of alkyl halides is 3. The van der Waals surface area contributed by atoms with Crippen molar-refractivity contribution in [2.24, 2.45) is 0 Å². The molecule has 1 N–H and O–H groups in total. The molecule has 22 heavy (non-hydrogen) atoms. The van der Waals surface area contributed by atoms with E-state index in [9.17, 15) is 18.0 Å². The molecule has 2 heterocycles. The van der Waals surface area contributed by atoms with Crippen LogP contribution in [0.3, 0.4) is 0 Å². The average molecular weight is 317 g/mol. The van der Waals surface area contributed by atoms with E-state index in [1.807, 2.05) is 0 Å². The Bertz CT molecular complexity index is 516. The molecule has 0 aromatic carbocycles. The van der Waals surface area contributed by atoms with Gasteiger partial charge in [0.2, 0.25) is 0 Å². The van der Waals surface area contributed by atoms with Crippen LogP contribution < -0.4 is 5.32 Å². The molecule has 0 spiro atoms. The van der Waals surface area contributed by atoms with Crippen LogP contribution in [-0.4, -0.2) is 47.9 Å². The van der Waals surface area contributed by atoms with Gasteiger partial charge in [0, 0.05) is 32.5 Å². The molecule has 1 aliphatic rings. The fraction of sp³-hybridized carbons (Fsp3) is 0.571. The summed E-state index contributed by atoms with van der Waals surface area (Å²) in [7, 11) is 1.46. The topological polar surface area (TPSA) is 54.5 Å². The molecule has 0 radical (unpaired) electrons. The Morgan fingerprint density at radius 3 is 2.59 bits per heavy atom. The third kappa shape index (κ3) is 3.16. The fourth-order valence-corrected chi connectivity index (χ4v) is 2.29. The second-order valence-electron chi connectivity index (χ2n) is 5.38. The number of ether oxygens (including phenoxy) is 1. The molecule has 122 valence electrons. The highest BCUT2D eigenvalue weighted by Crippen LogP contribution is 2.37. The van der Waals surface area contributed by atoms with E-state index in [1.54, 1.807) is 31.5 Å². The number of halogens is 3. The lowest BCUT2D eigenvalue weighted by molar-refractivity contribution is -0.192. The monoisotopic (exact) mass is 317 g/mol. The van der Waals surface area contributed by atoms with Crippen LogP contribution in [0.4, 0.5) is 18.0 Å². The van der Waals surface area contributed by atoms with Gasteiger partial charge in [-0.25, -0.2) is 4.79 Å². The lowest BCUT2D eigenvalue weighted by atomic mass is 9.98. The smallest absolute Gasteiger partial charge is 0.379 e. The first-order valence-corrected chi connectivity index (χ1v) is 6.86. The Labute approximate surface area is 126 Å². The number of urea groups is 1. The van der Waals surface area contributed by atoms with Gasteiger partial charge in [-0.05, 0) is 24.6 Å². The zero-order chi connectivity index (χ0) is 16.4. The number of nitrogens with zero attached hydrogens (tertiary/aromatic N) is 2. The normalized spacial score (nSPS) is 23.1. The third-order valence-corrected chi connectivity index (χ3v) is 4.00. The van der Waals surface area contributed by atoms with E-state index in [2.05, 4.69) is 10.3 Å². The van der Waals surface area contributed by atoms with Crippen molar-refractivity contribution in [3.63, 3.8) is 0 Å². The van der Waals surface area contributed by atoms with Crippen molar-refractivity contribution in [1.29, 1.82) is 0 Å². The second kappa shape index (κ2) is 6.12. The molecular formula is C14H18F3N3O2. The highest BCUT2D eigenvalue weighted by molar-refractivity contribution is 5.75. The van der Waals surface area contributed by atoms with Gasteiger partial charge in [0.05, 0.1) is 12.6 Å². The highest BCUT2D eigenvalue weighted by Gasteiger charge is 2.58. The van der Waals surface area contributed by atoms with Crippen LogP contribution in [-0.2, 0) is 4.74 Å². The number of carbonyl (C=O) groups is 1. The predicted octanol–water partition coefficient (Wildman–Crippen LogP) is 2.51. The summed E-state index contributed by atoms with van der Waals surface area (Å²) in [5.74, 6) is 0. The summed E-state index contributed by atoms with van der Waals surface area (Å²) in [6.07, 6.45) is -1.70. The maximum absolute atomic E-state index is 13.2. The second-order valence-corrected chi connectivity index (χ2v) is 5.38. The molecule has 1 aliphatic heterocycles. The van der Waals surface area contributed by atoms with Crippen molar-refractivity contribution in [2.45, 2.75) is 31.1 Å². The van der Waals surface area contributed by atoms with Gasteiger partial charge in [-0.15, -0.1) is 0 Å². The minimum Gasteiger partial charge on any atom is -0.379 e. The van der Waals surface area contributed by atoms with Gasteiger partial charge in [-0.3, -0.25) is 4.98 Å². The zero-order valence-corrected chi connectivity index (χ0v) is 12.4. The molecule has 1 fully saturated rings. The molecule has 1 unspecified atom stereocenters. The van der Waals surface area contributed by atoms with E-state index in [0.717, 1.165) is 5.56 Å². The molecule has 2 rings (SSSR count). The molecular weight excluding hydrogens is 299 g/mol. The third-order valence-electron chi connectivity index (χ3n) is 4.00. The highest BCUT2D eigenvalue weighted by atomic mass is 19.4. The molecule has 2 amide bonds. The first kappa shape index (κ1) is 16.5. The lowest BCUT2D eigenvalue weighted by Crippen LogP contribution is -2.61. The molecule has 0 aliphatic carbocycles. The molecule has 8 heteroatoms. The maximum Gasteiger partial charge on any atom is 0.413 e. The van der Waals surface area contributed by atoms with Crippen LogP contribution in [0.1, 0.15) is 24.9 Å². The maximum atomic E-state index is 13.2. The van der Waals surface area contributed by atoms with Crippen LogP contribution in [0.2, 0.25) is 0 Å². The summed E-state index contributed by atoms with van der Waals surface area (Å²) in [5.41, 5.74) is -1.52. The number of nitrogens with one attached hydrogen (secondary N) is 1. The standard InChI is InChI=1S/C14H18F3N3O2/c1-10(11-3-6-18-7-4-11)20(2)12(21)19-13(14(15,16)17)5-8-22-9-13/h3-4,6-7,10H,5,8-9H2,1-2H3,(H,19,21)/t10-,13?/m0/s1. The molecule has 0 bridgehead atoms. The van der Waals surface area contributed by atoms with Crippen LogP contribution in [0.5, 0.6) is 0 Å². The molecule has 1 saturated heterocycles. The van der Waals surface area contributed by atoms with Crippen molar-refractivity contribution in [1.82, 2.24) is 15.2 Å². The van der Waals surface area contributed by atoms with Gasteiger partial charge in [-0.1, -0.05) is 0 Å². The molecule has 1 aromatic rings. The summed E-state index contributed by atoms with van der Waals surface area (Å²) < 4.78 is 44.6. The van der Waals surface area contributed by atoms with E-state index in [1.165, 1.54) is 11.9 Å². The van der Waals surface area contributed by atoms with E-state index in [-0.39, 0.29) is 19.1 Å². The Balaban J connectivity index is 2.11. The summed E-state index contributed by atoms with van der Waals surface area (Å²) >= 11 is 0.